The smallest absolute Gasteiger partial charge is 0.288 e. The second-order valence-corrected chi connectivity index (χ2v) is 6.87. The van der Waals surface area contributed by atoms with Gasteiger partial charge in [-0.2, -0.15) is 5.26 Å². The Bertz CT molecular complexity index is 816. The molecule has 1 heterocycles. The topological polar surface area (TPSA) is 109 Å². The van der Waals surface area contributed by atoms with Crippen LogP contribution in [0.2, 0.25) is 5.02 Å². The Balaban J connectivity index is 2.18. The van der Waals surface area contributed by atoms with Crippen molar-refractivity contribution in [3.8, 4) is 6.07 Å². The van der Waals surface area contributed by atoms with E-state index in [2.05, 4.69) is 10.3 Å². The van der Waals surface area contributed by atoms with E-state index in [1.54, 1.807) is 6.92 Å². The number of benzene rings is 1. The lowest BCUT2D eigenvalue weighted by Crippen LogP contribution is -2.12. The molecule has 0 atom stereocenters. The third kappa shape index (κ3) is 4.19. The number of amides is 1. The molecule has 0 fully saturated rings. The Morgan fingerprint density at radius 2 is 2.35 bits per heavy atom. The van der Waals surface area contributed by atoms with Crippen LogP contribution >= 0.6 is 34.7 Å². The van der Waals surface area contributed by atoms with E-state index >= 15 is 0 Å². The van der Waals surface area contributed by atoms with Gasteiger partial charge in [0.05, 0.1) is 26.6 Å². The van der Waals surface area contributed by atoms with Crippen molar-refractivity contribution in [3.05, 3.63) is 44.6 Å². The van der Waals surface area contributed by atoms with Gasteiger partial charge in [-0.25, -0.2) is 4.98 Å². The minimum atomic E-state index is -0.650. The van der Waals surface area contributed by atoms with Crippen LogP contribution in [0, 0.1) is 28.4 Å². The van der Waals surface area contributed by atoms with Gasteiger partial charge in [0.1, 0.15) is 5.02 Å². The van der Waals surface area contributed by atoms with Crippen molar-refractivity contribution in [2.75, 3.05) is 11.1 Å². The number of carbonyl (C=O) groups is 1. The lowest BCUT2D eigenvalue weighted by atomic mass is 10.2. The van der Waals surface area contributed by atoms with Crippen LogP contribution in [-0.4, -0.2) is 21.6 Å². The highest BCUT2D eigenvalue weighted by Gasteiger charge is 2.17. The summed E-state index contributed by atoms with van der Waals surface area (Å²) < 4.78 is 0.837. The van der Waals surface area contributed by atoms with Crippen molar-refractivity contribution in [1.82, 2.24) is 4.98 Å². The number of nitrogens with one attached hydrogen (secondary N) is 1. The fourth-order valence-electron chi connectivity index (χ4n) is 1.63. The maximum absolute atomic E-state index is 12.2. The summed E-state index contributed by atoms with van der Waals surface area (Å²) in [5.74, 6) is -0.227. The van der Waals surface area contributed by atoms with Gasteiger partial charge in [-0.3, -0.25) is 20.2 Å². The first-order valence-corrected chi connectivity index (χ1v) is 8.33. The Hall–Kier alpha value is -2.15. The zero-order valence-corrected chi connectivity index (χ0v) is 14.1. The van der Waals surface area contributed by atoms with E-state index in [1.807, 2.05) is 6.07 Å². The zero-order chi connectivity index (χ0) is 17.0. The number of aryl methyl sites for hydroxylation is 1. The normalized spacial score (nSPS) is 10.1. The summed E-state index contributed by atoms with van der Waals surface area (Å²) in [5, 5.41) is 22.4. The number of thiazole rings is 1. The average molecular weight is 369 g/mol. The van der Waals surface area contributed by atoms with Crippen molar-refractivity contribution in [1.29, 1.82) is 5.26 Å². The van der Waals surface area contributed by atoms with Gasteiger partial charge in [-0.05, 0) is 19.1 Å². The second-order valence-electron chi connectivity index (χ2n) is 4.22. The van der Waals surface area contributed by atoms with Crippen molar-refractivity contribution in [2.24, 2.45) is 0 Å². The molecule has 0 saturated carbocycles. The van der Waals surface area contributed by atoms with E-state index < -0.39 is 10.8 Å². The van der Waals surface area contributed by atoms with Crippen LogP contribution in [0.3, 0.4) is 0 Å². The first-order valence-electron chi connectivity index (χ1n) is 6.15. The predicted octanol–water partition coefficient (Wildman–Crippen LogP) is 3.88. The SMILES string of the molecule is Cc1nc(NC(=O)c2ccc(Cl)c([N+](=O)[O-])c2)sc1SCC#N. The summed E-state index contributed by atoms with van der Waals surface area (Å²) in [6, 6.07) is 5.83. The van der Waals surface area contributed by atoms with Gasteiger partial charge in [-0.1, -0.05) is 34.7 Å². The maximum Gasteiger partial charge on any atom is 0.288 e. The number of nitriles is 1. The highest BCUT2D eigenvalue weighted by Crippen LogP contribution is 2.32. The van der Waals surface area contributed by atoms with Crippen LogP contribution in [0.4, 0.5) is 10.8 Å². The number of anilines is 1. The molecule has 1 aromatic carbocycles. The molecule has 0 bridgehead atoms. The standard InChI is InChI=1S/C13H9ClN4O3S2/c1-7-12(22-5-4-15)23-13(16-7)17-11(19)8-2-3-9(14)10(6-8)18(20)21/h2-3,6H,5H2,1H3,(H,16,17,19). The molecule has 0 aliphatic heterocycles. The van der Waals surface area contributed by atoms with Gasteiger partial charge in [0, 0.05) is 11.6 Å². The number of nitrogens with zero attached hydrogens (tertiary/aromatic N) is 3. The largest absolute Gasteiger partial charge is 0.298 e. The number of hydrogen-bond donors (Lipinski definition) is 1. The number of aromatic nitrogens is 1. The maximum atomic E-state index is 12.2. The fourth-order valence-corrected chi connectivity index (χ4v) is 3.61. The summed E-state index contributed by atoms with van der Waals surface area (Å²) >= 11 is 8.30. The lowest BCUT2D eigenvalue weighted by Gasteiger charge is -2.02. The molecule has 0 unspecified atom stereocenters. The van der Waals surface area contributed by atoms with Crippen molar-refractivity contribution in [2.45, 2.75) is 11.1 Å². The van der Waals surface area contributed by atoms with Gasteiger partial charge in [0.2, 0.25) is 0 Å². The summed E-state index contributed by atoms with van der Waals surface area (Å²) in [6.45, 7) is 1.78. The molecule has 1 aromatic heterocycles. The molecule has 1 amide bonds. The van der Waals surface area contributed by atoms with E-state index in [4.69, 9.17) is 16.9 Å². The molecular formula is C13H9ClN4O3S2. The quantitative estimate of drug-likeness (QED) is 0.487. The Labute approximate surface area is 144 Å². The van der Waals surface area contributed by atoms with Gasteiger partial charge in [-0.15, -0.1) is 0 Å². The lowest BCUT2D eigenvalue weighted by molar-refractivity contribution is -0.384. The van der Waals surface area contributed by atoms with Crippen LogP contribution in [-0.2, 0) is 0 Å². The fraction of sp³-hybridized carbons (Fsp3) is 0.154. The Morgan fingerprint density at radius 1 is 1.61 bits per heavy atom. The second kappa shape index (κ2) is 7.41. The van der Waals surface area contributed by atoms with Crippen molar-refractivity contribution < 1.29 is 9.72 Å². The van der Waals surface area contributed by atoms with Gasteiger partial charge < -0.3 is 0 Å². The number of carbonyl (C=O) groups excluding carboxylic acids is 1. The minimum absolute atomic E-state index is 0.0353. The van der Waals surface area contributed by atoms with Crippen LogP contribution in [0.25, 0.3) is 0 Å². The molecule has 0 aliphatic rings. The van der Waals surface area contributed by atoms with Crippen molar-refractivity contribution in [3.63, 3.8) is 0 Å². The van der Waals surface area contributed by atoms with Crippen LogP contribution < -0.4 is 5.32 Å². The number of nitro benzene ring substituents is 1. The van der Waals surface area contributed by atoms with Gasteiger partial charge in [0.25, 0.3) is 11.6 Å². The molecule has 23 heavy (non-hydrogen) atoms. The molecule has 0 spiro atoms. The molecule has 0 radical (unpaired) electrons. The molecule has 118 valence electrons. The van der Waals surface area contributed by atoms with E-state index in [0.717, 1.165) is 10.3 Å². The minimum Gasteiger partial charge on any atom is -0.298 e. The third-order valence-corrected chi connectivity index (χ3v) is 5.27. The van der Waals surface area contributed by atoms with E-state index in [0.29, 0.717) is 16.6 Å². The first kappa shape index (κ1) is 17.2. The number of rotatable bonds is 5. The van der Waals surface area contributed by atoms with Crippen molar-refractivity contribution >= 4 is 51.4 Å². The summed E-state index contributed by atoms with van der Waals surface area (Å²) in [7, 11) is 0. The predicted molar refractivity (Wildman–Crippen MR) is 89.2 cm³/mol. The molecular weight excluding hydrogens is 360 g/mol. The number of nitro groups is 1. The van der Waals surface area contributed by atoms with Gasteiger partial charge >= 0.3 is 0 Å². The highest BCUT2D eigenvalue weighted by molar-refractivity contribution is 8.01. The number of hydrogen-bond acceptors (Lipinski definition) is 7. The van der Waals surface area contributed by atoms with Gasteiger partial charge in [0.15, 0.2) is 5.13 Å². The Kier molecular flexibility index (Phi) is 5.54. The zero-order valence-electron chi connectivity index (χ0n) is 11.7. The molecule has 0 saturated heterocycles. The summed E-state index contributed by atoms with van der Waals surface area (Å²) in [6.07, 6.45) is 0. The van der Waals surface area contributed by atoms with Crippen LogP contribution in [0.15, 0.2) is 22.4 Å². The molecule has 10 heteroatoms. The van der Waals surface area contributed by atoms with Crippen LogP contribution in [0.1, 0.15) is 16.1 Å². The van der Waals surface area contributed by atoms with E-state index in [9.17, 15) is 14.9 Å². The van der Waals surface area contributed by atoms with Crippen LogP contribution in [0.5, 0.6) is 0 Å². The number of halogens is 1. The summed E-state index contributed by atoms with van der Waals surface area (Å²) in [5.41, 5.74) is 0.493. The summed E-state index contributed by atoms with van der Waals surface area (Å²) in [4.78, 5) is 26.6. The first-order chi connectivity index (χ1) is 10.9. The Morgan fingerprint density at radius 3 is 3.00 bits per heavy atom. The molecule has 2 rings (SSSR count). The molecule has 2 aromatic rings. The number of thioether (sulfide) groups is 1. The monoisotopic (exact) mass is 368 g/mol. The highest BCUT2D eigenvalue weighted by atomic mass is 35.5. The molecule has 0 aliphatic carbocycles. The third-order valence-electron chi connectivity index (χ3n) is 2.65. The average Bonchev–Trinajstić information content (AvgIpc) is 2.84. The molecule has 7 nitrogen and oxygen atoms in total. The van der Waals surface area contributed by atoms with E-state index in [-0.39, 0.29) is 16.3 Å². The van der Waals surface area contributed by atoms with E-state index in [1.165, 1.54) is 35.2 Å². The molecule has 1 N–H and O–H groups in total.